The van der Waals surface area contributed by atoms with E-state index in [4.69, 9.17) is 5.73 Å². The van der Waals surface area contributed by atoms with Crippen LogP contribution in [0.2, 0.25) is 0 Å². The van der Waals surface area contributed by atoms with Crippen LogP contribution in [0.1, 0.15) is 21.9 Å². The lowest BCUT2D eigenvalue weighted by atomic mass is 10.1. The number of carboxylic acid groups (broad SMARTS) is 1. The quantitative estimate of drug-likeness (QED) is 0.583. The van der Waals surface area contributed by atoms with Gasteiger partial charge >= 0.3 is 5.97 Å². The first-order valence-corrected chi connectivity index (χ1v) is 7.76. The lowest BCUT2D eigenvalue weighted by Gasteiger charge is -2.21. The Morgan fingerprint density at radius 3 is 2.27 bits per heavy atom. The molecule has 0 bridgehead atoms. The number of aliphatic hydroxyl groups excluding tert-OH is 1. The lowest BCUT2D eigenvalue weighted by Crippen LogP contribution is -2.26. The van der Waals surface area contributed by atoms with Crippen molar-refractivity contribution in [2.45, 2.75) is 30.1 Å². The number of hydrogen-bond donors (Lipinski definition) is 3. The Balaban J connectivity index is 2.38. The molecule has 0 aliphatic rings. The van der Waals surface area contributed by atoms with Gasteiger partial charge in [0.1, 0.15) is 0 Å². The number of thioether (sulfide) groups is 1. The molecule has 0 heterocycles. The van der Waals surface area contributed by atoms with Gasteiger partial charge in [-0.15, -0.1) is 11.8 Å². The summed E-state index contributed by atoms with van der Waals surface area (Å²) in [4.78, 5) is 12.0. The molecule has 116 valence electrons. The van der Waals surface area contributed by atoms with Gasteiger partial charge in [0.2, 0.25) is 0 Å². The standard InChI is InChI=1S/C17H19NO3S/c1-10-3-6-12(7-4-10)16(15(19)17(20)21)22-14-9-11(2)5-8-13(14)18/h3-9,15-16,19H,18H2,1-2H3,(H,20,21). The minimum Gasteiger partial charge on any atom is -0.479 e. The molecular weight excluding hydrogens is 298 g/mol. The number of hydrogen-bond acceptors (Lipinski definition) is 4. The molecule has 0 fully saturated rings. The minimum absolute atomic E-state index is 0.574. The molecule has 22 heavy (non-hydrogen) atoms. The van der Waals surface area contributed by atoms with E-state index in [1.807, 2.05) is 50.2 Å². The molecule has 4 nitrogen and oxygen atoms in total. The van der Waals surface area contributed by atoms with Crippen molar-refractivity contribution in [1.29, 1.82) is 0 Å². The van der Waals surface area contributed by atoms with E-state index < -0.39 is 17.3 Å². The zero-order chi connectivity index (χ0) is 16.3. The third-order valence-corrected chi connectivity index (χ3v) is 4.76. The van der Waals surface area contributed by atoms with Crippen LogP contribution in [0.5, 0.6) is 0 Å². The number of benzene rings is 2. The van der Waals surface area contributed by atoms with Crippen LogP contribution in [0.15, 0.2) is 47.4 Å². The largest absolute Gasteiger partial charge is 0.479 e. The maximum absolute atomic E-state index is 11.2. The van der Waals surface area contributed by atoms with Gasteiger partial charge in [-0.25, -0.2) is 4.79 Å². The summed E-state index contributed by atoms with van der Waals surface area (Å²) in [5, 5.41) is 18.6. The van der Waals surface area contributed by atoms with Crippen molar-refractivity contribution in [3.8, 4) is 0 Å². The molecule has 2 aromatic carbocycles. The number of aliphatic carboxylic acids is 1. The van der Waals surface area contributed by atoms with Crippen molar-refractivity contribution in [2.75, 3.05) is 5.73 Å². The molecule has 0 aliphatic heterocycles. The summed E-state index contributed by atoms with van der Waals surface area (Å²) >= 11 is 1.27. The van der Waals surface area contributed by atoms with Crippen LogP contribution in [0.25, 0.3) is 0 Å². The average molecular weight is 317 g/mol. The molecule has 5 heteroatoms. The fourth-order valence-corrected chi connectivity index (χ4v) is 3.35. The number of rotatable bonds is 5. The van der Waals surface area contributed by atoms with Gasteiger partial charge in [0, 0.05) is 10.6 Å². The molecule has 0 aromatic heterocycles. The summed E-state index contributed by atoms with van der Waals surface area (Å²) in [6.07, 6.45) is -1.51. The van der Waals surface area contributed by atoms with Crippen LogP contribution in [-0.4, -0.2) is 22.3 Å². The maximum atomic E-state index is 11.2. The van der Waals surface area contributed by atoms with E-state index in [1.54, 1.807) is 6.07 Å². The second kappa shape index (κ2) is 6.85. The van der Waals surface area contributed by atoms with Gasteiger partial charge in [-0.1, -0.05) is 35.9 Å². The van der Waals surface area contributed by atoms with Crippen LogP contribution in [0.4, 0.5) is 5.69 Å². The van der Waals surface area contributed by atoms with Gasteiger partial charge < -0.3 is 15.9 Å². The molecule has 2 unspecified atom stereocenters. The zero-order valence-corrected chi connectivity index (χ0v) is 13.3. The molecular formula is C17H19NO3S. The summed E-state index contributed by atoms with van der Waals surface area (Å²) in [6, 6.07) is 13.1. The Hall–Kier alpha value is -1.98. The van der Waals surface area contributed by atoms with Gasteiger partial charge in [0.15, 0.2) is 6.10 Å². The van der Waals surface area contributed by atoms with Crippen molar-refractivity contribution in [1.82, 2.24) is 0 Å². The maximum Gasteiger partial charge on any atom is 0.334 e. The van der Waals surface area contributed by atoms with Crippen molar-refractivity contribution in [3.63, 3.8) is 0 Å². The van der Waals surface area contributed by atoms with E-state index in [2.05, 4.69) is 0 Å². The molecule has 2 atom stereocenters. The van der Waals surface area contributed by atoms with Gasteiger partial charge in [0.05, 0.1) is 5.25 Å². The van der Waals surface area contributed by atoms with E-state index in [9.17, 15) is 15.0 Å². The first kappa shape index (κ1) is 16.4. The SMILES string of the molecule is Cc1ccc(C(Sc2cc(C)ccc2N)C(O)C(=O)O)cc1. The highest BCUT2D eigenvalue weighted by atomic mass is 32.2. The number of aliphatic hydroxyl groups is 1. The summed E-state index contributed by atoms with van der Waals surface area (Å²) < 4.78 is 0. The van der Waals surface area contributed by atoms with Crippen LogP contribution >= 0.6 is 11.8 Å². The number of nitrogen functional groups attached to an aromatic ring is 1. The van der Waals surface area contributed by atoms with Crippen molar-refractivity contribution < 1.29 is 15.0 Å². The van der Waals surface area contributed by atoms with Crippen molar-refractivity contribution in [2.24, 2.45) is 0 Å². The lowest BCUT2D eigenvalue weighted by molar-refractivity contribution is -0.146. The first-order chi connectivity index (χ1) is 10.4. The Morgan fingerprint density at radius 2 is 1.68 bits per heavy atom. The number of aryl methyl sites for hydroxylation is 2. The van der Waals surface area contributed by atoms with Crippen LogP contribution in [0.3, 0.4) is 0 Å². The Morgan fingerprint density at radius 1 is 1.09 bits per heavy atom. The second-order valence-electron chi connectivity index (χ2n) is 5.27. The fourth-order valence-electron chi connectivity index (χ4n) is 2.08. The third-order valence-electron chi connectivity index (χ3n) is 3.37. The van der Waals surface area contributed by atoms with Crippen LogP contribution < -0.4 is 5.73 Å². The van der Waals surface area contributed by atoms with E-state index in [1.165, 1.54) is 11.8 Å². The smallest absolute Gasteiger partial charge is 0.334 e. The average Bonchev–Trinajstić information content (AvgIpc) is 2.48. The highest BCUT2D eigenvalue weighted by molar-refractivity contribution is 7.99. The predicted octanol–water partition coefficient (Wildman–Crippen LogP) is 3.16. The van der Waals surface area contributed by atoms with Gasteiger partial charge in [-0.3, -0.25) is 0 Å². The molecule has 2 aromatic rings. The van der Waals surface area contributed by atoms with E-state index in [0.29, 0.717) is 5.69 Å². The third kappa shape index (κ3) is 3.81. The normalized spacial score (nSPS) is 13.6. The fraction of sp³-hybridized carbons (Fsp3) is 0.235. The molecule has 0 aliphatic carbocycles. The number of carboxylic acids is 1. The molecule has 0 saturated carbocycles. The summed E-state index contributed by atoms with van der Waals surface area (Å²) in [6.45, 7) is 3.90. The van der Waals surface area contributed by atoms with Crippen molar-refractivity contribution >= 4 is 23.4 Å². The Labute approximate surface area is 134 Å². The highest BCUT2D eigenvalue weighted by Crippen LogP contribution is 2.40. The van der Waals surface area contributed by atoms with Gasteiger partial charge in [-0.2, -0.15) is 0 Å². The number of carbonyl (C=O) groups is 1. The Kier molecular flexibility index (Phi) is 5.11. The van der Waals surface area contributed by atoms with Crippen molar-refractivity contribution in [3.05, 3.63) is 59.2 Å². The molecule has 2 rings (SSSR count). The van der Waals surface area contributed by atoms with Crippen LogP contribution in [0, 0.1) is 13.8 Å². The number of nitrogens with two attached hydrogens (primary N) is 1. The molecule has 0 radical (unpaired) electrons. The number of anilines is 1. The van der Waals surface area contributed by atoms with E-state index in [-0.39, 0.29) is 0 Å². The topological polar surface area (TPSA) is 83.5 Å². The predicted molar refractivity (Wildman–Crippen MR) is 89.0 cm³/mol. The monoisotopic (exact) mass is 317 g/mol. The summed E-state index contributed by atoms with van der Waals surface area (Å²) in [7, 11) is 0. The highest BCUT2D eigenvalue weighted by Gasteiger charge is 2.28. The van der Waals surface area contributed by atoms with E-state index >= 15 is 0 Å². The first-order valence-electron chi connectivity index (χ1n) is 6.88. The minimum atomic E-state index is -1.51. The van der Waals surface area contributed by atoms with Crippen LogP contribution in [-0.2, 0) is 4.79 Å². The Bertz CT molecular complexity index is 670. The zero-order valence-electron chi connectivity index (χ0n) is 12.5. The molecule has 0 amide bonds. The van der Waals surface area contributed by atoms with Gasteiger partial charge in [-0.05, 0) is 37.1 Å². The molecule has 4 N–H and O–H groups in total. The summed E-state index contributed by atoms with van der Waals surface area (Å²) in [5.74, 6) is -1.25. The molecule has 0 saturated heterocycles. The van der Waals surface area contributed by atoms with E-state index in [0.717, 1.165) is 21.6 Å². The summed E-state index contributed by atoms with van der Waals surface area (Å²) in [5.41, 5.74) is 9.40. The van der Waals surface area contributed by atoms with Gasteiger partial charge in [0.25, 0.3) is 0 Å². The second-order valence-corrected chi connectivity index (χ2v) is 6.46. The molecule has 0 spiro atoms.